The molecular formula is C21H29N3O6. The number of carboxylic acid groups (broad SMARTS) is 1. The number of nitrogens with one attached hydrogen (secondary N) is 1. The monoisotopic (exact) mass is 419 g/mol. The lowest BCUT2D eigenvalue weighted by Gasteiger charge is -2.41. The van der Waals surface area contributed by atoms with Gasteiger partial charge in [0.2, 0.25) is 11.8 Å². The number of carbonyl (C=O) groups is 4. The lowest BCUT2D eigenvalue weighted by molar-refractivity contribution is -0.144. The number of primary amides is 1. The minimum Gasteiger partial charge on any atom is -0.480 e. The highest BCUT2D eigenvalue weighted by atomic mass is 16.6. The number of benzene rings is 1. The van der Waals surface area contributed by atoms with Crippen LogP contribution in [0.25, 0.3) is 0 Å². The number of hydrogen-bond donors (Lipinski definition) is 3. The van der Waals surface area contributed by atoms with Crippen LogP contribution in [0.1, 0.15) is 45.6 Å². The molecule has 0 unspecified atom stereocenters. The molecule has 0 spiro atoms. The highest BCUT2D eigenvalue weighted by Crippen LogP contribution is 2.36. The van der Waals surface area contributed by atoms with Crippen molar-refractivity contribution in [2.75, 3.05) is 13.1 Å². The summed E-state index contributed by atoms with van der Waals surface area (Å²) in [6, 6.07) is 7.59. The molecule has 1 aliphatic heterocycles. The van der Waals surface area contributed by atoms with Gasteiger partial charge in [-0.25, -0.2) is 9.59 Å². The van der Waals surface area contributed by atoms with Gasteiger partial charge in [0, 0.05) is 13.1 Å². The Hall–Kier alpha value is -3.10. The Kier molecular flexibility index (Phi) is 7.07. The van der Waals surface area contributed by atoms with Gasteiger partial charge in [0.05, 0.1) is 11.8 Å². The molecule has 164 valence electrons. The summed E-state index contributed by atoms with van der Waals surface area (Å²) >= 11 is 0. The van der Waals surface area contributed by atoms with Crippen molar-refractivity contribution in [2.24, 2.45) is 5.73 Å². The van der Waals surface area contributed by atoms with Crippen LogP contribution in [0.15, 0.2) is 30.3 Å². The smallest absolute Gasteiger partial charge is 0.410 e. The summed E-state index contributed by atoms with van der Waals surface area (Å²) in [7, 11) is 0. The summed E-state index contributed by atoms with van der Waals surface area (Å²) in [6.07, 6.45) is -0.395. The molecule has 1 aliphatic rings. The number of piperidine rings is 1. The number of amides is 3. The third kappa shape index (κ3) is 5.71. The van der Waals surface area contributed by atoms with E-state index in [9.17, 15) is 24.3 Å². The molecule has 1 aromatic rings. The van der Waals surface area contributed by atoms with Crippen molar-refractivity contribution in [3.63, 3.8) is 0 Å². The van der Waals surface area contributed by atoms with Gasteiger partial charge in [-0.3, -0.25) is 9.59 Å². The number of hydrogen-bond acceptors (Lipinski definition) is 5. The zero-order chi connectivity index (χ0) is 22.5. The van der Waals surface area contributed by atoms with Crippen LogP contribution >= 0.6 is 0 Å². The van der Waals surface area contributed by atoms with Gasteiger partial charge in [0.15, 0.2) is 0 Å². The van der Waals surface area contributed by atoms with Crippen molar-refractivity contribution in [3.8, 4) is 0 Å². The molecule has 1 aromatic carbocycles. The molecule has 0 aliphatic carbocycles. The number of ether oxygens (including phenoxy) is 1. The number of likely N-dealkylation sites (tertiary alicyclic amines) is 1. The van der Waals surface area contributed by atoms with E-state index >= 15 is 0 Å². The van der Waals surface area contributed by atoms with E-state index in [2.05, 4.69) is 5.32 Å². The Balaban J connectivity index is 2.25. The zero-order valence-electron chi connectivity index (χ0n) is 17.5. The zero-order valence-corrected chi connectivity index (χ0v) is 17.5. The topological polar surface area (TPSA) is 139 Å². The molecule has 1 heterocycles. The van der Waals surface area contributed by atoms with Crippen LogP contribution in [0.5, 0.6) is 0 Å². The van der Waals surface area contributed by atoms with Gasteiger partial charge < -0.3 is 25.8 Å². The van der Waals surface area contributed by atoms with E-state index in [1.165, 1.54) is 4.90 Å². The van der Waals surface area contributed by atoms with Crippen LogP contribution in [0, 0.1) is 0 Å². The Bertz CT molecular complexity index is 795. The fourth-order valence-electron chi connectivity index (χ4n) is 3.50. The molecule has 0 bridgehead atoms. The fraction of sp³-hybridized carbons (Fsp3) is 0.524. The summed E-state index contributed by atoms with van der Waals surface area (Å²) in [5, 5.41) is 11.8. The third-order valence-electron chi connectivity index (χ3n) is 5.04. The van der Waals surface area contributed by atoms with E-state index in [0.717, 1.165) is 5.56 Å². The van der Waals surface area contributed by atoms with E-state index in [-0.39, 0.29) is 25.9 Å². The summed E-state index contributed by atoms with van der Waals surface area (Å²) < 4.78 is 5.41. The van der Waals surface area contributed by atoms with E-state index in [0.29, 0.717) is 0 Å². The summed E-state index contributed by atoms with van der Waals surface area (Å²) in [5.74, 6) is -2.67. The van der Waals surface area contributed by atoms with Crippen LogP contribution in [-0.4, -0.2) is 58.6 Å². The first-order chi connectivity index (χ1) is 13.9. The Morgan fingerprint density at radius 2 is 1.73 bits per heavy atom. The highest BCUT2D eigenvalue weighted by molar-refractivity contribution is 5.93. The van der Waals surface area contributed by atoms with Crippen LogP contribution in [0.3, 0.4) is 0 Å². The van der Waals surface area contributed by atoms with Crippen molar-refractivity contribution in [1.29, 1.82) is 0 Å². The van der Waals surface area contributed by atoms with Gasteiger partial charge >= 0.3 is 12.1 Å². The molecule has 2 rings (SSSR count). The van der Waals surface area contributed by atoms with E-state index in [4.69, 9.17) is 10.5 Å². The third-order valence-corrected chi connectivity index (χ3v) is 5.04. The van der Waals surface area contributed by atoms with E-state index < -0.39 is 47.4 Å². The molecule has 9 heteroatoms. The first-order valence-electron chi connectivity index (χ1n) is 9.80. The molecule has 3 amide bonds. The average molecular weight is 419 g/mol. The Labute approximate surface area is 175 Å². The molecule has 1 atom stereocenters. The van der Waals surface area contributed by atoms with Crippen molar-refractivity contribution in [3.05, 3.63) is 35.9 Å². The van der Waals surface area contributed by atoms with Crippen molar-refractivity contribution < 1.29 is 29.0 Å². The molecule has 0 saturated carbocycles. The molecule has 9 nitrogen and oxygen atoms in total. The van der Waals surface area contributed by atoms with Crippen molar-refractivity contribution in [2.45, 2.75) is 57.1 Å². The Morgan fingerprint density at radius 3 is 2.20 bits per heavy atom. The predicted octanol–water partition coefficient (Wildman–Crippen LogP) is 1.40. The van der Waals surface area contributed by atoms with Crippen molar-refractivity contribution >= 4 is 23.9 Å². The number of carbonyl (C=O) groups excluding carboxylic acids is 3. The first kappa shape index (κ1) is 23.2. The van der Waals surface area contributed by atoms with Gasteiger partial charge in [-0.15, -0.1) is 0 Å². The predicted molar refractivity (Wildman–Crippen MR) is 109 cm³/mol. The van der Waals surface area contributed by atoms with Crippen LogP contribution in [0.2, 0.25) is 0 Å². The normalized spacial score (nSPS) is 17.0. The quantitative estimate of drug-likeness (QED) is 0.637. The second-order valence-corrected chi connectivity index (χ2v) is 8.45. The standard InChI is InChI=1S/C21H29N3O6/c1-20(2,3)30-19(29)24-11-9-21(10-12-24,14-7-5-4-6-8-14)18(28)23-15(17(26)27)13-16(22)25/h4-8,15H,9-13H2,1-3H3,(H2,22,25)(H,23,28)(H,26,27)/t15-/m0/s1. The molecule has 1 saturated heterocycles. The van der Waals surface area contributed by atoms with Crippen LogP contribution in [0.4, 0.5) is 4.79 Å². The molecule has 4 N–H and O–H groups in total. The van der Waals surface area contributed by atoms with Crippen LogP contribution < -0.4 is 11.1 Å². The fourth-order valence-corrected chi connectivity index (χ4v) is 3.50. The summed E-state index contributed by atoms with van der Waals surface area (Å²) in [4.78, 5) is 49.9. The van der Waals surface area contributed by atoms with E-state index in [1.807, 2.05) is 6.07 Å². The second-order valence-electron chi connectivity index (χ2n) is 8.45. The van der Waals surface area contributed by atoms with Crippen molar-refractivity contribution in [1.82, 2.24) is 10.2 Å². The average Bonchev–Trinajstić information content (AvgIpc) is 2.66. The van der Waals surface area contributed by atoms with Crippen LogP contribution in [-0.2, 0) is 24.5 Å². The van der Waals surface area contributed by atoms with Gasteiger partial charge in [-0.05, 0) is 39.2 Å². The highest BCUT2D eigenvalue weighted by Gasteiger charge is 2.45. The summed E-state index contributed by atoms with van der Waals surface area (Å²) in [6.45, 7) is 5.87. The molecule has 30 heavy (non-hydrogen) atoms. The number of aliphatic carboxylic acids is 1. The van der Waals surface area contributed by atoms with Gasteiger partial charge in [0.1, 0.15) is 11.6 Å². The second kappa shape index (κ2) is 9.15. The molecule has 0 aromatic heterocycles. The lowest BCUT2D eigenvalue weighted by Crippen LogP contribution is -2.56. The van der Waals surface area contributed by atoms with Gasteiger partial charge in [-0.2, -0.15) is 0 Å². The molecule has 1 fully saturated rings. The van der Waals surface area contributed by atoms with Gasteiger partial charge in [-0.1, -0.05) is 30.3 Å². The number of carboxylic acids is 1. The minimum absolute atomic E-state index is 0.269. The summed E-state index contributed by atoms with van der Waals surface area (Å²) in [5.41, 5.74) is 4.17. The van der Waals surface area contributed by atoms with E-state index in [1.54, 1.807) is 45.0 Å². The SMILES string of the molecule is CC(C)(C)OC(=O)N1CCC(C(=O)N[C@@H](CC(N)=O)C(=O)O)(c2ccccc2)CC1. The number of nitrogens with two attached hydrogens (primary N) is 1. The maximum atomic E-state index is 13.3. The largest absolute Gasteiger partial charge is 0.480 e. The lowest BCUT2D eigenvalue weighted by atomic mass is 9.72. The number of rotatable bonds is 6. The first-order valence-corrected chi connectivity index (χ1v) is 9.80. The number of nitrogens with zero attached hydrogens (tertiary/aromatic N) is 1. The maximum absolute atomic E-state index is 13.3. The Morgan fingerprint density at radius 1 is 1.17 bits per heavy atom. The van der Waals surface area contributed by atoms with Gasteiger partial charge in [0.25, 0.3) is 0 Å². The molecule has 0 radical (unpaired) electrons. The molecular weight excluding hydrogens is 390 g/mol. The minimum atomic E-state index is -1.42. The maximum Gasteiger partial charge on any atom is 0.410 e.